The van der Waals surface area contributed by atoms with Gasteiger partial charge in [-0.25, -0.2) is 4.39 Å². The molecule has 0 heterocycles. The van der Waals surface area contributed by atoms with E-state index in [1.807, 2.05) is 0 Å². The minimum atomic E-state index is -1.39. The van der Waals surface area contributed by atoms with Crippen molar-refractivity contribution in [3.8, 4) is 11.5 Å². The zero-order valence-corrected chi connectivity index (χ0v) is 9.67. The number of aliphatic carboxylic acids is 1. The van der Waals surface area contributed by atoms with Gasteiger partial charge in [-0.2, -0.15) is 4.39 Å². The molecule has 0 spiro atoms. The molecule has 0 aromatic heterocycles. The molecule has 1 aromatic carbocycles. The van der Waals surface area contributed by atoms with Gasteiger partial charge in [0.2, 0.25) is 5.82 Å². The fraction of sp³-hybridized carbons (Fsp3) is 0.417. The average molecular weight is 258 g/mol. The number of halogens is 2. The van der Waals surface area contributed by atoms with Gasteiger partial charge >= 0.3 is 5.97 Å². The fourth-order valence-corrected chi connectivity index (χ4v) is 2.22. The molecule has 98 valence electrons. The summed E-state index contributed by atoms with van der Waals surface area (Å²) < 4.78 is 31.9. The molecule has 0 unspecified atom stereocenters. The van der Waals surface area contributed by atoms with Crippen LogP contribution in [0.2, 0.25) is 0 Å². The number of rotatable bonds is 3. The van der Waals surface area contributed by atoms with Crippen molar-refractivity contribution in [3.05, 3.63) is 23.3 Å². The first kappa shape index (κ1) is 12.6. The molecule has 0 aliphatic heterocycles. The van der Waals surface area contributed by atoms with Crippen molar-refractivity contribution < 1.29 is 28.5 Å². The Morgan fingerprint density at radius 3 is 2.39 bits per heavy atom. The van der Waals surface area contributed by atoms with Gasteiger partial charge in [0, 0.05) is 5.56 Å². The van der Waals surface area contributed by atoms with Gasteiger partial charge in [0.25, 0.3) is 0 Å². The van der Waals surface area contributed by atoms with Crippen LogP contribution >= 0.6 is 0 Å². The number of phenolic OH excluding ortho intramolecular Hbond substituents is 1. The summed E-state index contributed by atoms with van der Waals surface area (Å²) in [5, 5.41) is 18.5. The van der Waals surface area contributed by atoms with Gasteiger partial charge in [-0.3, -0.25) is 4.79 Å². The zero-order valence-electron chi connectivity index (χ0n) is 9.67. The SMILES string of the molecule is COc1cc(C2(C(=O)O)CCC2)c(F)c(O)c1F. The minimum absolute atomic E-state index is 0.225. The van der Waals surface area contributed by atoms with Crippen molar-refractivity contribution in [2.24, 2.45) is 0 Å². The summed E-state index contributed by atoms with van der Waals surface area (Å²) >= 11 is 0. The molecule has 1 aromatic rings. The van der Waals surface area contributed by atoms with Crippen LogP contribution in [0.1, 0.15) is 24.8 Å². The maximum Gasteiger partial charge on any atom is 0.314 e. The Morgan fingerprint density at radius 2 is 2.00 bits per heavy atom. The minimum Gasteiger partial charge on any atom is -0.503 e. The summed E-state index contributed by atoms with van der Waals surface area (Å²) in [4.78, 5) is 11.3. The van der Waals surface area contributed by atoms with E-state index in [2.05, 4.69) is 4.74 Å². The third-order valence-corrected chi connectivity index (χ3v) is 3.50. The molecule has 2 rings (SSSR count). The van der Waals surface area contributed by atoms with Gasteiger partial charge < -0.3 is 14.9 Å². The molecule has 4 nitrogen and oxygen atoms in total. The van der Waals surface area contributed by atoms with Crippen LogP contribution in [0.15, 0.2) is 6.07 Å². The van der Waals surface area contributed by atoms with Crippen LogP contribution in [-0.2, 0) is 10.2 Å². The lowest BCUT2D eigenvalue weighted by atomic mass is 9.64. The van der Waals surface area contributed by atoms with Crippen LogP contribution in [0, 0.1) is 11.6 Å². The number of hydrogen-bond donors (Lipinski definition) is 2. The zero-order chi connectivity index (χ0) is 13.5. The molecule has 18 heavy (non-hydrogen) atoms. The molecule has 0 saturated heterocycles. The van der Waals surface area contributed by atoms with Crippen molar-refractivity contribution >= 4 is 5.97 Å². The number of benzene rings is 1. The van der Waals surface area contributed by atoms with E-state index in [1.54, 1.807) is 0 Å². The highest BCUT2D eigenvalue weighted by atomic mass is 19.1. The number of carboxylic acids is 1. The van der Waals surface area contributed by atoms with Gasteiger partial charge in [0.15, 0.2) is 17.3 Å². The molecule has 0 bridgehead atoms. The first-order valence-corrected chi connectivity index (χ1v) is 5.43. The highest BCUT2D eigenvalue weighted by molar-refractivity contribution is 5.83. The number of carbonyl (C=O) groups is 1. The number of ether oxygens (including phenoxy) is 1. The third kappa shape index (κ3) is 1.52. The van der Waals surface area contributed by atoms with E-state index in [0.29, 0.717) is 6.42 Å². The Balaban J connectivity index is 2.64. The molecule has 0 atom stereocenters. The van der Waals surface area contributed by atoms with E-state index < -0.39 is 28.8 Å². The number of phenols is 1. The first-order valence-electron chi connectivity index (χ1n) is 5.43. The molecule has 1 fully saturated rings. The van der Waals surface area contributed by atoms with Crippen molar-refractivity contribution in [2.75, 3.05) is 7.11 Å². The molecule has 1 aliphatic carbocycles. The van der Waals surface area contributed by atoms with E-state index >= 15 is 0 Å². The Hall–Kier alpha value is -1.85. The topological polar surface area (TPSA) is 66.8 Å². The van der Waals surface area contributed by atoms with Crippen LogP contribution < -0.4 is 4.74 Å². The number of aromatic hydroxyl groups is 1. The molecule has 6 heteroatoms. The third-order valence-electron chi connectivity index (χ3n) is 3.50. The summed E-state index contributed by atoms with van der Waals surface area (Å²) in [6.07, 6.45) is 1.16. The van der Waals surface area contributed by atoms with Crippen LogP contribution in [0.25, 0.3) is 0 Å². The lowest BCUT2D eigenvalue weighted by Gasteiger charge is -2.38. The second-order valence-corrected chi connectivity index (χ2v) is 4.34. The normalized spacial score (nSPS) is 17.1. The Labute approximate surface area is 102 Å². The molecule has 1 aliphatic rings. The standard InChI is InChI=1S/C12H12F2O4/c1-18-7-5-6(8(13)10(15)9(7)14)12(11(16)17)3-2-4-12/h5,15H,2-4H2,1H3,(H,16,17). The Bertz CT molecular complexity index is 509. The maximum absolute atomic E-state index is 13.8. The summed E-state index contributed by atoms with van der Waals surface area (Å²) in [5.74, 6) is -5.19. The Morgan fingerprint density at radius 1 is 1.39 bits per heavy atom. The van der Waals surface area contributed by atoms with Crippen LogP contribution in [0.4, 0.5) is 8.78 Å². The van der Waals surface area contributed by atoms with Crippen molar-refractivity contribution in [3.63, 3.8) is 0 Å². The molecule has 0 amide bonds. The summed E-state index contributed by atoms with van der Waals surface area (Å²) in [5.41, 5.74) is -1.61. The van der Waals surface area contributed by atoms with E-state index in [0.717, 1.165) is 13.2 Å². The second kappa shape index (κ2) is 4.12. The van der Waals surface area contributed by atoms with Gasteiger partial charge in [-0.05, 0) is 18.9 Å². The molecular weight excluding hydrogens is 246 g/mol. The summed E-state index contributed by atoms with van der Waals surface area (Å²) in [6, 6.07) is 1.01. The molecular formula is C12H12F2O4. The van der Waals surface area contributed by atoms with Gasteiger partial charge in [0.1, 0.15) is 0 Å². The lowest BCUT2D eigenvalue weighted by Crippen LogP contribution is -2.43. The number of carboxylic acid groups (broad SMARTS) is 1. The van der Waals surface area contributed by atoms with E-state index in [-0.39, 0.29) is 24.2 Å². The predicted octanol–water partition coefficient (Wildman–Crippen LogP) is 2.19. The monoisotopic (exact) mass is 258 g/mol. The highest BCUT2D eigenvalue weighted by Gasteiger charge is 2.48. The Kier molecular flexibility index (Phi) is 2.88. The van der Waals surface area contributed by atoms with Crippen molar-refractivity contribution in [2.45, 2.75) is 24.7 Å². The van der Waals surface area contributed by atoms with Gasteiger partial charge in [0.05, 0.1) is 12.5 Å². The number of methoxy groups -OCH3 is 1. The second-order valence-electron chi connectivity index (χ2n) is 4.34. The van der Waals surface area contributed by atoms with Crippen molar-refractivity contribution in [1.82, 2.24) is 0 Å². The van der Waals surface area contributed by atoms with Crippen LogP contribution in [0.5, 0.6) is 11.5 Å². The largest absolute Gasteiger partial charge is 0.503 e. The van der Waals surface area contributed by atoms with Crippen molar-refractivity contribution in [1.29, 1.82) is 0 Å². The van der Waals surface area contributed by atoms with Gasteiger partial charge in [-0.15, -0.1) is 0 Å². The summed E-state index contributed by atoms with van der Waals surface area (Å²) in [6.45, 7) is 0. The van der Waals surface area contributed by atoms with Gasteiger partial charge in [-0.1, -0.05) is 6.42 Å². The average Bonchev–Trinajstić information content (AvgIpc) is 2.27. The highest BCUT2D eigenvalue weighted by Crippen LogP contribution is 2.48. The van der Waals surface area contributed by atoms with E-state index in [4.69, 9.17) is 0 Å². The van der Waals surface area contributed by atoms with Crippen LogP contribution in [-0.4, -0.2) is 23.3 Å². The predicted molar refractivity (Wildman–Crippen MR) is 57.7 cm³/mol. The molecule has 2 N–H and O–H groups in total. The quantitative estimate of drug-likeness (QED) is 0.872. The number of hydrogen-bond acceptors (Lipinski definition) is 3. The summed E-state index contributed by atoms with van der Waals surface area (Å²) in [7, 11) is 1.16. The fourth-order valence-electron chi connectivity index (χ4n) is 2.22. The molecule has 1 saturated carbocycles. The first-order chi connectivity index (χ1) is 8.44. The maximum atomic E-state index is 13.8. The van der Waals surface area contributed by atoms with E-state index in [9.17, 15) is 23.8 Å². The van der Waals surface area contributed by atoms with Crippen LogP contribution in [0.3, 0.4) is 0 Å². The lowest BCUT2D eigenvalue weighted by molar-refractivity contribution is -0.147. The van der Waals surface area contributed by atoms with E-state index in [1.165, 1.54) is 0 Å². The smallest absolute Gasteiger partial charge is 0.314 e. The molecule has 0 radical (unpaired) electrons.